The van der Waals surface area contributed by atoms with Crippen molar-refractivity contribution >= 4 is 5.91 Å². The third-order valence-corrected chi connectivity index (χ3v) is 2.42. The van der Waals surface area contributed by atoms with Crippen LogP contribution in [0.4, 0.5) is 0 Å². The van der Waals surface area contributed by atoms with E-state index in [0.29, 0.717) is 5.91 Å². The van der Waals surface area contributed by atoms with Gasteiger partial charge in [0.05, 0.1) is 0 Å². The largest absolute Gasteiger partial charge is 0.396 e. The molecule has 1 amide bonds. The normalized spacial score (nSPS) is 10.3. The lowest BCUT2D eigenvalue weighted by atomic mass is 10.2. The van der Waals surface area contributed by atoms with E-state index in [0.717, 1.165) is 25.9 Å². The Morgan fingerprint density at radius 3 is 1.56 bits per heavy atom. The summed E-state index contributed by atoms with van der Waals surface area (Å²) in [6.45, 7) is 11.9. The highest BCUT2D eigenvalue weighted by molar-refractivity contribution is 5.78. The van der Waals surface area contributed by atoms with Gasteiger partial charge in [-0.1, -0.05) is 34.6 Å². The molecule has 0 fully saturated rings. The van der Waals surface area contributed by atoms with E-state index in [-0.39, 0.29) is 25.0 Å². The number of aliphatic hydroxyl groups excluding tert-OH is 2. The third kappa shape index (κ3) is 10.5. The molecule has 0 aliphatic rings. The monoisotopic (exact) mass is 261 g/mol. The van der Waals surface area contributed by atoms with Crippen LogP contribution in [0.3, 0.4) is 0 Å². The first-order chi connectivity index (χ1) is 8.44. The van der Waals surface area contributed by atoms with Gasteiger partial charge in [-0.05, 0) is 12.8 Å². The maximum absolute atomic E-state index is 11.5. The van der Waals surface area contributed by atoms with Crippen molar-refractivity contribution in [1.82, 2.24) is 4.90 Å². The highest BCUT2D eigenvalue weighted by atomic mass is 16.3. The van der Waals surface area contributed by atoms with Gasteiger partial charge in [0, 0.05) is 38.1 Å². The Bertz CT molecular complexity index is 185. The first kappa shape index (κ1) is 19.7. The van der Waals surface area contributed by atoms with Gasteiger partial charge in [-0.25, -0.2) is 0 Å². The molecule has 4 nitrogen and oxygen atoms in total. The highest BCUT2D eigenvalue weighted by Crippen LogP contribution is 2.03. The van der Waals surface area contributed by atoms with Crippen molar-refractivity contribution in [3.8, 4) is 0 Å². The van der Waals surface area contributed by atoms with Crippen LogP contribution < -0.4 is 0 Å². The third-order valence-electron chi connectivity index (χ3n) is 2.42. The Balaban J connectivity index is 0. The van der Waals surface area contributed by atoms with Crippen LogP contribution in [0.5, 0.6) is 0 Å². The van der Waals surface area contributed by atoms with Crippen LogP contribution >= 0.6 is 0 Å². The Hall–Kier alpha value is -0.610. The second-order valence-corrected chi connectivity index (χ2v) is 4.95. The van der Waals surface area contributed by atoms with Crippen molar-refractivity contribution in [3.05, 3.63) is 0 Å². The van der Waals surface area contributed by atoms with E-state index in [1.54, 1.807) is 6.92 Å². The van der Waals surface area contributed by atoms with Gasteiger partial charge in [-0.3, -0.25) is 4.79 Å². The van der Waals surface area contributed by atoms with Crippen molar-refractivity contribution in [1.29, 1.82) is 0 Å². The smallest absolute Gasteiger partial charge is 0.225 e. The van der Waals surface area contributed by atoms with Gasteiger partial charge in [-0.15, -0.1) is 0 Å². The molecule has 2 N–H and O–H groups in total. The molecule has 0 saturated heterocycles. The minimum absolute atomic E-state index is 0.0463. The molecule has 4 heteroatoms. The average Bonchev–Trinajstić information content (AvgIpc) is 2.37. The maximum atomic E-state index is 11.5. The number of amides is 1. The summed E-state index contributed by atoms with van der Waals surface area (Å²) in [6, 6.07) is 0. The number of carbonyl (C=O) groups is 1. The lowest BCUT2D eigenvalue weighted by Gasteiger charge is -2.23. The molecular weight excluding hydrogens is 230 g/mol. The minimum atomic E-state index is 0.0463. The number of aliphatic hydroxyl groups is 2. The number of nitrogens with zero attached hydrogens (tertiary/aromatic N) is 1. The molecule has 18 heavy (non-hydrogen) atoms. The Morgan fingerprint density at radius 2 is 1.39 bits per heavy atom. The van der Waals surface area contributed by atoms with Crippen molar-refractivity contribution in [3.63, 3.8) is 0 Å². The van der Waals surface area contributed by atoms with Gasteiger partial charge in [0.1, 0.15) is 0 Å². The molecule has 0 bridgehead atoms. The highest BCUT2D eigenvalue weighted by Gasteiger charge is 2.14. The van der Waals surface area contributed by atoms with Crippen molar-refractivity contribution < 1.29 is 15.0 Å². The molecule has 0 aromatic carbocycles. The van der Waals surface area contributed by atoms with Crippen LogP contribution in [0, 0.1) is 11.8 Å². The molecule has 0 aliphatic carbocycles. The Labute approximate surface area is 112 Å². The van der Waals surface area contributed by atoms with Gasteiger partial charge in [0.15, 0.2) is 0 Å². The SMILES string of the molecule is CC(CO)CO.CCCN(CCC)C(=O)C(C)C. The molecule has 0 rings (SSSR count). The standard InChI is InChI=1S/C10H21NO.C4H10O2/c1-5-7-11(8-6-2)10(12)9(3)4;1-4(2-5)3-6/h9H,5-8H2,1-4H3;4-6H,2-3H2,1H3. The summed E-state index contributed by atoms with van der Waals surface area (Å²) in [4.78, 5) is 13.5. The average molecular weight is 261 g/mol. The molecule has 0 heterocycles. The van der Waals surface area contributed by atoms with Gasteiger partial charge in [0.25, 0.3) is 0 Å². The summed E-state index contributed by atoms with van der Waals surface area (Å²) < 4.78 is 0. The van der Waals surface area contributed by atoms with Gasteiger partial charge in [0.2, 0.25) is 5.91 Å². The summed E-state index contributed by atoms with van der Waals surface area (Å²) in [7, 11) is 0. The fraction of sp³-hybridized carbons (Fsp3) is 0.929. The number of hydrogen-bond donors (Lipinski definition) is 2. The summed E-state index contributed by atoms with van der Waals surface area (Å²) in [5, 5.41) is 16.3. The number of carbonyl (C=O) groups excluding carboxylic acids is 1. The second kappa shape index (κ2) is 12.8. The molecule has 0 spiro atoms. The zero-order chi connectivity index (χ0) is 14.6. The Kier molecular flexibility index (Phi) is 14.1. The summed E-state index contributed by atoms with van der Waals surface area (Å²) >= 11 is 0. The molecule has 0 atom stereocenters. The van der Waals surface area contributed by atoms with E-state index >= 15 is 0 Å². The predicted molar refractivity (Wildman–Crippen MR) is 75.3 cm³/mol. The molecule has 0 aromatic rings. The van der Waals surface area contributed by atoms with Gasteiger partial charge in [-0.2, -0.15) is 0 Å². The summed E-state index contributed by atoms with van der Waals surface area (Å²) in [5.41, 5.74) is 0. The van der Waals surface area contributed by atoms with Crippen LogP contribution in [0.1, 0.15) is 47.5 Å². The van der Waals surface area contributed by atoms with E-state index in [1.807, 2.05) is 18.7 Å². The van der Waals surface area contributed by atoms with Gasteiger partial charge >= 0.3 is 0 Å². The lowest BCUT2D eigenvalue weighted by molar-refractivity contribution is -0.134. The fourth-order valence-corrected chi connectivity index (χ4v) is 1.29. The van der Waals surface area contributed by atoms with Crippen LogP contribution in [-0.4, -0.2) is 47.3 Å². The molecular formula is C14H31NO3. The first-order valence-corrected chi connectivity index (χ1v) is 6.94. The topological polar surface area (TPSA) is 60.8 Å². The Morgan fingerprint density at radius 1 is 1.00 bits per heavy atom. The molecule has 0 unspecified atom stereocenters. The van der Waals surface area contributed by atoms with E-state index < -0.39 is 0 Å². The zero-order valence-corrected chi connectivity index (χ0v) is 12.6. The maximum Gasteiger partial charge on any atom is 0.225 e. The first-order valence-electron chi connectivity index (χ1n) is 6.94. The predicted octanol–water partition coefficient (Wildman–Crippen LogP) is 1.90. The van der Waals surface area contributed by atoms with Crippen molar-refractivity contribution in [2.75, 3.05) is 26.3 Å². The van der Waals surface area contributed by atoms with Crippen LogP contribution in [0.15, 0.2) is 0 Å². The lowest BCUT2D eigenvalue weighted by Crippen LogP contribution is -2.35. The molecule has 0 radical (unpaired) electrons. The van der Waals surface area contributed by atoms with Crippen molar-refractivity contribution in [2.24, 2.45) is 11.8 Å². The van der Waals surface area contributed by atoms with Crippen LogP contribution in [0.2, 0.25) is 0 Å². The summed E-state index contributed by atoms with van der Waals surface area (Å²) in [5.74, 6) is 0.479. The van der Waals surface area contributed by atoms with Crippen LogP contribution in [0.25, 0.3) is 0 Å². The second-order valence-electron chi connectivity index (χ2n) is 4.95. The molecule has 0 aliphatic heterocycles. The van der Waals surface area contributed by atoms with E-state index in [2.05, 4.69) is 13.8 Å². The molecule has 0 aromatic heterocycles. The van der Waals surface area contributed by atoms with E-state index in [1.165, 1.54) is 0 Å². The van der Waals surface area contributed by atoms with E-state index in [9.17, 15) is 4.79 Å². The van der Waals surface area contributed by atoms with E-state index in [4.69, 9.17) is 10.2 Å². The summed E-state index contributed by atoms with van der Waals surface area (Å²) in [6.07, 6.45) is 2.11. The molecule has 0 saturated carbocycles. The molecule has 110 valence electrons. The van der Waals surface area contributed by atoms with Crippen molar-refractivity contribution in [2.45, 2.75) is 47.5 Å². The number of rotatable bonds is 7. The number of hydrogen-bond acceptors (Lipinski definition) is 3. The van der Waals surface area contributed by atoms with Gasteiger partial charge < -0.3 is 15.1 Å². The van der Waals surface area contributed by atoms with Crippen LogP contribution in [-0.2, 0) is 4.79 Å². The minimum Gasteiger partial charge on any atom is -0.396 e. The fourth-order valence-electron chi connectivity index (χ4n) is 1.29. The zero-order valence-electron chi connectivity index (χ0n) is 12.6. The quantitative estimate of drug-likeness (QED) is 0.736.